The van der Waals surface area contributed by atoms with Gasteiger partial charge >= 0.3 is 0 Å². The number of amides is 3. The molecule has 3 heterocycles. The van der Waals surface area contributed by atoms with Crippen molar-refractivity contribution in [1.29, 1.82) is 0 Å². The van der Waals surface area contributed by atoms with Crippen LogP contribution in [0.3, 0.4) is 0 Å². The molecular weight excluding hydrogens is 534 g/mol. The maximum absolute atomic E-state index is 12.8. The number of methoxy groups -OCH3 is 1. The second kappa shape index (κ2) is 12.9. The van der Waals surface area contributed by atoms with Crippen LogP contribution >= 0.6 is 0 Å². The Balaban J connectivity index is 1.25. The van der Waals surface area contributed by atoms with Crippen molar-refractivity contribution in [2.24, 2.45) is 5.73 Å². The van der Waals surface area contributed by atoms with Crippen LogP contribution in [0.2, 0.25) is 0 Å². The van der Waals surface area contributed by atoms with E-state index in [4.69, 9.17) is 15.5 Å². The molecule has 1 aromatic heterocycles. The van der Waals surface area contributed by atoms with Gasteiger partial charge in [0, 0.05) is 50.4 Å². The van der Waals surface area contributed by atoms with E-state index in [2.05, 4.69) is 32.7 Å². The lowest BCUT2D eigenvalue weighted by molar-refractivity contribution is -0.129. The van der Waals surface area contributed by atoms with E-state index >= 15 is 0 Å². The van der Waals surface area contributed by atoms with Crippen molar-refractivity contribution < 1.29 is 19.1 Å². The number of hydrogen-bond acceptors (Lipinski definition) is 8. The zero-order chi connectivity index (χ0) is 29.6. The minimum Gasteiger partial charge on any atom is -0.497 e. The number of anilines is 3. The molecule has 1 unspecified atom stereocenters. The molecule has 220 valence electrons. The number of carbonyl (C=O) groups excluding carboxylic acids is 3. The van der Waals surface area contributed by atoms with Gasteiger partial charge in [-0.3, -0.25) is 14.4 Å². The van der Waals surface area contributed by atoms with E-state index in [0.29, 0.717) is 29.6 Å². The molecule has 0 radical (unpaired) electrons. The molecule has 2 fully saturated rings. The number of carbonyl (C=O) groups is 3. The van der Waals surface area contributed by atoms with Gasteiger partial charge in [0.05, 0.1) is 13.3 Å². The second-order valence-electron chi connectivity index (χ2n) is 10.8. The van der Waals surface area contributed by atoms with Gasteiger partial charge < -0.3 is 30.9 Å². The van der Waals surface area contributed by atoms with Crippen LogP contribution in [0.4, 0.5) is 17.3 Å². The molecule has 3 amide bonds. The zero-order valence-electron chi connectivity index (χ0n) is 24.0. The first kappa shape index (κ1) is 28.8. The molecule has 5 rings (SSSR count). The number of aromatic nitrogens is 2. The third-order valence-electron chi connectivity index (χ3n) is 8.01. The third-order valence-corrected chi connectivity index (χ3v) is 8.01. The van der Waals surface area contributed by atoms with Crippen molar-refractivity contribution in [3.8, 4) is 5.75 Å². The maximum atomic E-state index is 12.8. The van der Waals surface area contributed by atoms with Crippen LogP contribution in [-0.4, -0.2) is 71.9 Å². The van der Waals surface area contributed by atoms with E-state index in [1.165, 1.54) is 5.56 Å². The summed E-state index contributed by atoms with van der Waals surface area (Å²) in [5.74, 6) is 1.28. The molecule has 2 aromatic carbocycles. The zero-order valence-corrected chi connectivity index (χ0v) is 24.0. The van der Waals surface area contributed by atoms with E-state index in [1.54, 1.807) is 44.5 Å². The Morgan fingerprint density at radius 3 is 2.33 bits per heavy atom. The second-order valence-corrected chi connectivity index (χ2v) is 10.8. The van der Waals surface area contributed by atoms with Gasteiger partial charge in [-0.25, -0.2) is 9.97 Å². The molecular formula is C31H37N7O4. The molecule has 2 aliphatic rings. The largest absolute Gasteiger partial charge is 0.497 e. The van der Waals surface area contributed by atoms with Crippen molar-refractivity contribution >= 4 is 35.0 Å². The molecule has 42 heavy (non-hydrogen) atoms. The first-order valence-electron chi connectivity index (χ1n) is 14.3. The summed E-state index contributed by atoms with van der Waals surface area (Å²) in [6.07, 6.45) is 5.13. The number of likely N-dealkylation sites (tertiary alicyclic amines) is 1. The van der Waals surface area contributed by atoms with Crippen LogP contribution in [0, 0.1) is 0 Å². The van der Waals surface area contributed by atoms with Crippen LogP contribution in [0.25, 0.3) is 0 Å². The molecule has 2 aliphatic heterocycles. The van der Waals surface area contributed by atoms with Crippen LogP contribution in [0.15, 0.2) is 54.7 Å². The topological polar surface area (TPSA) is 143 Å². The fourth-order valence-corrected chi connectivity index (χ4v) is 5.62. The lowest BCUT2D eigenvalue weighted by Gasteiger charge is -2.34. The summed E-state index contributed by atoms with van der Waals surface area (Å²) in [4.78, 5) is 49.6. The number of piperidine rings is 2. The summed E-state index contributed by atoms with van der Waals surface area (Å²) < 4.78 is 5.18. The van der Waals surface area contributed by atoms with Gasteiger partial charge in [0.2, 0.25) is 5.91 Å². The quantitative estimate of drug-likeness (QED) is 0.373. The highest BCUT2D eigenvalue weighted by molar-refractivity contribution is 5.96. The predicted octanol–water partition coefficient (Wildman–Crippen LogP) is 3.45. The lowest BCUT2D eigenvalue weighted by atomic mass is 9.89. The summed E-state index contributed by atoms with van der Waals surface area (Å²) in [6, 6.07) is 15.0. The Hall–Kier alpha value is -4.67. The van der Waals surface area contributed by atoms with E-state index in [0.717, 1.165) is 51.0 Å². The SMILES string of the molecule is COc1ccc(C(=O)NC2CCCN(c3cnc(C(N)=O)c(Nc4ccc(C5CCN(C(C)=O)CC5)cc4)n3)C2)cc1. The first-order chi connectivity index (χ1) is 20.3. The number of hydrogen-bond donors (Lipinski definition) is 3. The smallest absolute Gasteiger partial charge is 0.271 e. The van der Waals surface area contributed by atoms with Crippen LogP contribution in [-0.2, 0) is 4.79 Å². The minimum absolute atomic E-state index is 0.0563. The average molecular weight is 572 g/mol. The molecule has 0 saturated carbocycles. The average Bonchev–Trinajstić information content (AvgIpc) is 3.01. The van der Waals surface area contributed by atoms with Crippen molar-refractivity contribution in [2.75, 3.05) is 43.5 Å². The molecule has 11 nitrogen and oxygen atoms in total. The van der Waals surface area contributed by atoms with Crippen molar-refractivity contribution in [3.05, 3.63) is 71.5 Å². The van der Waals surface area contributed by atoms with Gasteiger partial charge in [-0.2, -0.15) is 0 Å². The van der Waals surface area contributed by atoms with Crippen LogP contribution < -0.4 is 26.0 Å². The van der Waals surface area contributed by atoms with Crippen LogP contribution in [0.1, 0.15) is 64.9 Å². The highest BCUT2D eigenvalue weighted by Gasteiger charge is 2.25. The molecule has 3 aromatic rings. The Morgan fingerprint density at radius 1 is 0.976 bits per heavy atom. The van der Waals surface area contributed by atoms with Gasteiger partial charge in [-0.05, 0) is 73.6 Å². The fourth-order valence-electron chi connectivity index (χ4n) is 5.62. The number of nitrogens with two attached hydrogens (primary N) is 1. The predicted molar refractivity (Wildman–Crippen MR) is 160 cm³/mol. The summed E-state index contributed by atoms with van der Waals surface area (Å²) in [6.45, 7) is 4.46. The van der Waals surface area contributed by atoms with Crippen molar-refractivity contribution in [1.82, 2.24) is 20.2 Å². The Labute approximate surface area is 245 Å². The van der Waals surface area contributed by atoms with E-state index in [9.17, 15) is 14.4 Å². The first-order valence-corrected chi connectivity index (χ1v) is 14.3. The van der Waals surface area contributed by atoms with E-state index < -0.39 is 5.91 Å². The highest BCUT2D eigenvalue weighted by atomic mass is 16.5. The van der Waals surface area contributed by atoms with Gasteiger partial charge in [-0.1, -0.05) is 12.1 Å². The van der Waals surface area contributed by atoms with E-state index in [1.807, 2.05) is 17.0 Å². The van der Waals surface area contributed by atoms with Crippen molar-refractivity contribution in [3.63, 3.8) is 0 Å². The maximum Gasteiger partial charge on any atom is 0.271 e. The van der Waals surface area contributed by atoms with Gasteiger partial charge in [-0.15, -0.1) is 0 Å². The fraction of sp³-hybridized carbons (Fsp3) is 0.387. The summed E-state index contributed by atoms with van der Waals surface area (Å²) in [7, 11) is 1.59. The lowest BCUT2D eigenvalue weighted by Crippen LogP contribution is -2.48. The number of primary amides is 1. The molecule has 0 bridgehead atoms. The Bertz CT molecular complexity index is 1420. The molecule has 11 heteroatoms. The van der Waals surface area contributed by atoms with Crippen LogP contribution in [0.5, 0.6) is 5.75 Å². The number of nitrogens with one attached hydrogen (secondary N) is 2. The number of nitrogens with zero attached hydrogens (tertiary/aromatic N) is 4. The van der Waals surface area contributed by atoms with Gasteiger partial charge in [0.25, 0.3) is 11.8 Å². The Kier molecular flexibility index (Phi) is 8.85. The van der Waals surface area contributed by atoms with Gasteiger partial charge in [0.1, 0.15) is 11.6 Å². The molecule has 2 saturated heterocycles. The van der Waals surface area contributed by atoms with Gasteiger partial charge in [0.15, 0.2) is 11.5 Å². The summed E-state index contributed by atoms with van der Waals surface area (Å²) in [5.41, 5.74) is 8.22. The van der Waals surface area contributed by atoms with Crippen molar-refractivity contribution in [2.45, 2.75) is 44.6 Å². The Morgan fingerprint density at radius 2 is 1.69 bits per heavy atom. The molecule has 1 atom stereocenters. The molecule has 4 N–H and O–H groups in total. The third kappa shape index (κ3) is 6.79. The number of ether oxygens (including phenoxy) is 1. The molecule has 0 spiro atoms. The number of rotatable bonds is 8. The summed E-state index contributed by atoms with van der Waals surface area (Å²) >= 11 is 0. The minimum atomic E-state index is -0.673. The normalized spacial score (nSPS) is 17.4. The highest BCUT2D eigenvalue weighted by Crippen LogP contribution is 2.30. The summed E-state index contributed by atoms with van der Waals surface area (Å²) in [5, 5.41) is 6.34. The molecule has 0 aliphatic carbocycles. The van der Waals surface area contributed by atoms with E-state index in [-0.39, 0.29) is 29.4 Å². The monoisotopic (exact) mass is 571 g/mol. The standard InChI is InChI=1S/C31H37N7O4/c1-20(39)37-16-13-22(14-17-37)21-5-9-24(10-6-21)34-30-28(29(32)40)33-18-27(36-30)38-15-3-4-25(19-38)35-31(41)23-7-11-26(42-2)12-8-23/h5-12,18,22,25H,3-4,13-17,19H2,1-2H3,(H2,32,40)(H,34,36)(H,35,41). The number of benzene rings is 2.